The first-order chi connectivity index (χ1) is 14.6. The molecule has 0 N–H and O–H groups in total. The minimum Gasteiger partial charge on any atom is -0.374 e. The predicted octanol–water partition coefficient (Wildman–Crippen LogP) is 6.62. The van der Waals surface area contributed by atoms with Crippen molar-refractivity contribution >= 4 is 58.8 Å². The van der Waals surface area contributed by atoms with Crippen LogP contribution in [0.2, 0.25) is 12.1 Å². The van der Waals surface area contributed by atoms with Crippen LogP contribution in [-0.4, -0.2) is 68.8 Å². The van der Waals surface area contributed by atoms with Crippen molar-refractivity contribution in [2.75, 3.05) is 51.1 Å². The summed E-state index contributed by atoms with van der Waals surface area (Å²) < 4.78 is 35.4. The van der Waals surface area contributed by atoms with Gasteiger partial charge in [-0.15, -0.1) is 0 Å². The van der Waals surface area contributed by atoms with Crippen molar-refractivity contribution in [2.45, 2.75) is 66.5 Å². The second-order valence-electron chi connectivity index (χ2n) is 5.95. The van der Waals surface area contributed by atoms with Gasteiger partial charge in [0.25, 0.3) is 0 Å². The van der Waals surface area contributed by atoms with E-state index in [9.17, 15) is 0 Å². The Balaban J connectivity index is 0. The lowest BCUT2D eigenvalue weighted by Gasteiger charge is -2.28. The zero-order chi connectivity index (χ0) is 22.6. The number of rotatable bonds is 23. The fourth-order valence-corrected chi connectivity index (χ4v) is 14.7. The van der Waals surface area contributed by atoms with Crippen LogP contribution >= 0.6 is 41.2 Å². The summed E-state index contributed by atoms with van der Waals surface area (Å²) in [5.41, 5.74) is 0. The molecule has 12 heteroatoms. The van der Waals surface area contributed by atoms with Crippen LogP contribution < -0.4 is 0 Å². The van der Waals surface area contributed by atoms with Crippen LogP contribution in [0.3, 0.4) is 0 Å². The third kappa shape index (κ3) is 16.8. The highest BCUT2D eigenvalue weighted by Gasteiger charge is 2.40. The first kappa shape index (κ1) is 34.8. The Kier molecular flexibility index (Phi) is 26.2. The van der Waals surface area contributed by atoms with E-state index in [4.69, 9.17) is 26.6 Å². The van der Waals surface area contributed by atoms with Crippen molar-refractivity contribution in [3.63, 3.8) is 0 Å². The molecule has 0 unspecified atom stereocenters. The Hall–Kier alpha value is 1.59. The highest BCUT2D eigenvalue weighted by atomic mass is 33.7. The molecule has 6 nitrogen and oxygen atoms in total. The average molecular weight is 551 g/mol. The second kappa shape index (κ2) is 23.3. The zero-order valence-electron chi connectivity index (χ0n) is 20.1. The van der Waals surface area contributed by atoms with Crippen LogP contribution in [0.15, 0.2) is 0 Å². The molecule has 0 spiro atoms. The first-order valence-corrected chi connectivity index (χ1v) is 20.0. The molecule has 0 aliphatic heterocycles. The van der Waals surface area contributed by atoms with E-state index in [1.54, 1.807) is 0 Å². The average Bonchev–Trinajstić information content (AvgIpc) is 2.70. The zero-order valence-corrected chi connectivity index (χ0v) is 25.3. The standard InChI is InChI=1S/C18H42O6S4Si2.C/c1-7-19-29(20-8-2,21-9-3)17-13-15-25-27-28-26-16-14-18-30(22-10-4,23-11-5)24-12-6;/h7-18H2,1-6H3;. The summed E-state index contributed by atoms with van der Waals surface area (Å²) >= 11 is 0. The predicted molar refractivity (Wildman–Crippen MR) is 143 cm³/mol. The van der Waals surface area contributed by atoms with E-state index in [0.717, 1.165) is 36.4 Å². The molecule has 186 valence electrons. The normalized spacial score (nSPS) is 12.2. The third-order valence-corrected chi connectivity index (χ3v) is 16.7. The van der Waals surface area contributed by atoms with Crippen molar-refractivity contribution in [3.05, 3.63) is 7.43 Å². The van der Waals surface area contributed by atoms with Crippen molar-refractivity contribution in [2.24, 2.45) is 0 Å². The summed E-state index contributed by atoms with van der Waals surface area (Å²) in [5, 5.41) is 0. The van der Waals surface area contributed by atoms with Gasteiger partial charge in [0.15, 0.2) is 0 Å². The van der Waals surface area contributed by atoms with Crippen LogP contribution in [0.5, 0.6) is 0 Å². The monoisotopic (exact) mass is 550 g/mol. The highest BCUT2D eigenvalue weighted by molar-refractivity contribution is 9.26. The molecule has 0 aliphatic rings. The molecule has 0 aromatic rings. The van der Waals surface area contributed by atoms with Crippen molar-refractivity contribution in [3.8, 4) is 0 Å². The Morgan fingerprint density at radius 1 is 0.484 bits per heavy atom. The molecular weight excluding hydrogens is 509 g/mol. The van der Waals surface area contributed by atoms with Gasteiger partial charge in [-0.25, -0.2) is 0 Å². The maximum absolute atomic E-state index is 5.90. The minimum atomic E-state index is -2.49. The molecule has 0 fully saturated rings. The van der Waals surface area contributed by atoms with Gasteiger partial charge in [0.2, 0.25) is 0 Å². The van der Waals surface area contributed by atoms with Gasteiger partial charge in [0.05, 0.1) is 0 Å². The lowest BCUT2D eigenvalue weighted by Crippen LogP contribution is -2.46. The van der Waals surface area contributed by atoms with Crippen LogP contribution in [0, 0.1) is 7.43 Å². The molecule has 0 rings (SSSR count). The summed E-state index contributed by atoms with van der Waals surface area (Å²) in [6.07, 6.45) is 2.08. The second-order valence-corrected chi connectivity index (χ2v) is 17.7. The molecule has 0 atom stereocenters. The van der Waals surface area contributed by atoms with E-state index < -0.39 is 17.6 Å². The van der Waals surface area contributed by atoms with E-state index in [0.29, 0.717) is 39.6 Å². The Morgan fingerprint density at radius 2 is 0.742 bits per heavy atom. The van der Waals surface area contributed by atoms with Crippen LogP contribution in [0.1, 0.15) is 54.4 Å². The van der Waals surface area contributed by atoms with E-state index in [2.05, 4.69) is 0 Å². The molecular formula is C19H42O6S4Si2. The topological polar surface area (TPSA) is 55.4 Å². The largest absolute Gasteiger partial charge is 0.500 e. The summed E-state index contributed by atoms with van der Waals surface area (Å²) in [6, 6.07) is 1.76. The third-order valence-electron chi connectivity index (χ3n) is 3.73. The molecule has 31 heavy (non-hydrogen) atoms. The van der Waals surface area contributed by atoms with E-state index >= 15 is 0 Å². The molecule has 0 saturated heterocycles. The number of hydrogen-bond acceptors (Lipinski definition) is 10. The lowest BCUT2D eigenvalue weighted by atomic mass is 10.6. The SMILES string of the molecule is CCO[Si](CCCSSSSCCC[Si](OCC)(OCC)OCC)(OCC)OCC.[C]. The van der Waals surface area contributed by atoms with Gasteiger partial charge in [0.1, 0.15) is 0 Å². The lowest BCUT2D eigenvalue weighted by molar-refractivity contribution is 0.0704. The Labute approximate surface area is 209 Å². The maximum atomic E-state index is 5.90. The Bertz CT molecular complexity index is 321. The summed E-state index contributed by atoms with van der Waals surface area (Å²) in [6.45, 7) is 15.8. The molecule has 0 heterocycles. The summed E-state index contributed by atoms with van der Waals surface area (Å²) in [4.78, 5) is 0. The molecule has 0 amide bonds. The van der Waals surface area contributed by atoms with E-state index in [1.165, 1.54) is 0 Å². The molecule has 4 radical (unpaired) electrons. The fraction of sp³-hybridized carbons (Fsp3) is 0.947. The van der Waals surface area contributed by atoms with Gasteiger partial charge in [-0.1, -0.05) is 21.6 Å². The van der Waals surface area contributed by atoms with Crippen LogP contribution in [0.25, 0.3) is 0 Å². The van der Waals surface area contributed by atoms with Gasteiger partial charge >= 0.3 is 17.6 Å². The maximum Gasteiger partial charge on any atom is 0.500 e. The molecule has 0 aromatic heterocycles. The number of hydrogen-bond donors (Lipinski definition) is 0. The van der Waals surface area contributed by atoms with Gasteiger partial charge in [-0.05, 0) is 74.0 Å². The minimum absolute atomic E-state index is 0. The smallest absolute Gasteiger partial charge is 0.374 e. The quantitative estimate of drug-likeness (QED) is 0.0787. The Morgan fingerprint density at radius 3 is 0.968 bits per heavy atom. The molecule has 0 aliphatic carbocycles. The molecule has 0 saturated carbocycles. The fourth-order valence-electron chi connectivity index (χ4n) is 2.81. The molecule has 0 aromatic carbocycles. The van der Waals surface area contributed by atoms with Crippen molar-refractivity contribution in [1.29, 1.82) is 0 Å². The van der Waals surface area contributed by atoms with E-state index in [1.807, 2.05) is 82.8 Å². The highest BCUT2D eigenvalue weighted by Crippen LogP contribution is 2.44. The van der Waals surface area contributed by atoms with Crippen molar-refractivity contribution < 1.29 is 26.6 Å². The van der Waals surface area contributed by atoms with Gasteiger partial charge < -0.3 is 26.6 Å². The van der Waals surface area contributed by atoms with Crippen molar-refractivity contribution in [1.82, 2.24) is 0 Å². The van der Waals surface area contributed by atoms with Crippen LogP contribution in [0.4, 0.5) is 0 Å². The first-order valence-electron chi connectivity index (χ1n) is 11.0. The van der Waals surface area contributed by atoms with Gasteiger partial charge in [0, 0.05) is 70.7 Å². The van der Waals surface area contributed by atoms with Gasteiger partial charge in [-0.2, -0.15) is 0 Å². The van der Waals surface area contributed by atoms with E-state index in [-0.39, 0.29) is 7.43 Å². The summed E-state index contributed by atoms with van der Waals surface area (Å²) in [7, 11) is 2.48. The molecule has 0 bridgehead atoms. The van der Waals surface area contributed by atoms with Gasteiger partial charge in [-0.3, -0.25) is 0 Å². The summed E-state index contributed by atoms with van der Waals surface area (Å²) in [5.74, 6) is 2.13. The van der Waals surface area contributed by atoms with Crippen LogP contribution in [-0.2, 0) is 26.6 Å².